The van der Waals surface area contributed by atoms with Crippen LogP contribution in [0.4, 0.5) is 5.95 Å². The van der Waals surface area contributed by atoms with Crippen LogP contribution in [0.1, 0.15) is 31.2 Å². The van der Waals surface area contributed by atoms with Crippen molar-refractivity contribution < 1.29 is 5.11 Å². The van der Waals surface area contributed by atoms with Gasteiger partial charge in [0.1, 0.15) is 17.7 Å². The van der Waals surface area contributed by atoms with Crippen LogP contribution in [-0.4, -0.2) is 48.2 Å². The molecule has 204 valence electrons. The van der Waals surface area contributed by atoms with Gasteiger partial charge in [0.25, 0.3) is 0 Å². The van der Waals surface area contributed by atoms with E-state index in [4.69, 9.17) is 21.4 Å². The van der Waals surface area contributed by atoms with Gasteiger partial charge in [-0.25, -0.2) is 19.4 Å². The molecule has 0 unspecified atom stereocenters. The molecule has 8 rings (SSSR count). The molecule has 2 fully saturated rings. The highest BCUT2D eigenvalue weighted by atomic mass is 16.3. The number of aliphatic hydroxyl groups is 1. The number of pyridine rings is 1. The highest BCUT2D eigenvalue weighted by Gasteiger charge is 2.58. The van der Waals surface area contributed by atoms with Gasteiger partial charge in [-0.2, -0.15) is 0 Å². The summed E-state index contributed by atoms with van der Waals surface area (Å²) >= 11 is 0. The lowest BCUT2D eigenvalue weighted by Gasteiger charge is -2.52. The molecule has 2 saturated carbocycles. The molecule has 4 heterocycles. The molecular weight excluding hydrogens is 514 g/mol. The number of fused-ring (bicyclic) bond motifs is 3. The van der Waals surface area contributed by atoms with E-state index in [9.17, 15) is 5.11 Å². The van der Waals surface area contributed by atoms with Crippen molar-refractivity contribution in [1.82, 2.24) is 24.6 Å². The van der Waals surface area contributed by atoms with E-state index in [1.165, 1.54) is 0 Å². The summed E-state index contributed by atoms with van der Waals surface area (Å²) in [5.41, 5.74) is 18.0. The Balaban J connectivity index is 1.24. The monoisotopic (exact) mass is 543 g/mol. The number of benzene rings is 2. The molecule has 10 heteroatoms. The minimum Gasteiger partial charge on any atom is -0.389 e. The fraction of sp³-hybridized carbons (Fsp3) is 0.258. The molecular formula is C31H29N9O. The summed E-state index contributed by atoms with van der Waals surface area (Å²) in [5.74, 6) is 1.47. The summed E-state index contributed by atoms with van der Waals surface area (Å²) < 4.78 is 1.90. The summed E-state index contributed by atoms with van der Waals surface area (Å²) in [6, 6.07) is 22.1. The first-order valence-electron chi connectivity index (χ1n) is 13.9. The predicted octanol–water partition coefficient (Wildman–Crippen LogP) is 3.74. The van der Waals surface area contributed by atoms with Crippen molar-refractivity contribution in [2.45, 2.75) is 36.8 Å². The highest BCUT2D eigenvalue weighted by Crippen LogP contribution is 2.57. The first kappa shape index (κ1) is 24.2. The Morgan fingerprint density at radius 3 is 2.29 bits per heavy atom. The van der Waals surface area contributed by atoms with Crippen LogP contribution in [0.3, 0.4) is 0 Å². The lowest BCUT2D eigenvalue weighted by molar-refractivity contribution is -0.106. The van der Waals surface area contributed by atoms with Gasteiger partial charge in [-0.3, -0.25) is 4.90 Å². The number of anilines is 1. The van der Waals surface area contributed by atoms with Crippen LogP contribution in [-0.2, 0) is 5.54 Å². The summed E-state index contributed by atoms with van der Waals surface area (Å²) in [4.78, 5) is 16.4. The average Bonchev–Trinajstić information content (AvgIpc) is 3.76. The van der Waals surface area contributed by atoms with Crippen LogP contribution in [0.15, 0.2) is 83.6 Å². The second kappa shape index (κ2) is 8.66. The van der Waals surface area contributed by atoms with Crippen LogP contribution in [0, 0.1) is 5.92 Å². The van der Waals surface area contributed by atoms with Crippen LogP contribution in [0.2, 0.25) is 0 Å². The zero-order valence-corrected chi connectivity index (χ0v) is 22.4. The maximum Gasteiger partial charge on any atom is 0.238 e. The van der Waals surface area contributed by atoms with E-state index in [0.29, 0.717) is 53.9 Å². The minimum absolute atomic E-state index is 0.411. The van der Waals surface area contributed by atoms with E-state index < -0.39 is 11.1 Å². The Morgan fingerprint density at radius 1 is 0.854 bits per heavy atom. The molecule has 3 aromatic heterocycles. The normalized spacial score (nSPS) is 24.0. The molecule has 1 aliphatic heterocycles. The fourth-order valence-corrected chi connectivity index (χ4v) is 6.33. The average molecular weight is 544 g/mol. The van der Waals surface area contributed by atoms with E-state index in [-0.39, 0.29) is 0 Å². The van der Waals surface area contributed by atoms with Gasteiger partial charge < -0.3 is 16.6 Å². The number of nitrogens with zero attached hydrogens (tertiary/aromatic N) is 7. The first-order valence-corrected chi connectivity index (χ1v) is 13.9. The maximum atomic E-state index is 10.9. The molecule has 10 nitrogen and oxygen atoms in total. The first-order chi connectivity index (χ1) is 19.9. The zero-order valence-electron chi connectivity index (χ0n) is 22.4. The maximum absolute atomic E-state index is 10.9. The van der Waals surface area contributed by atoms with Crippen LogP contribution >= 0.6 is 0 Å². The number of nitrogens with two attached hydrogens (primary N) is 2. The van der Waals surface area contributed by atoms with Crippen molar-refractivity contribution in [3.63, 3.8) is 0 Å². The molecule has 2 aliphatic carbocycles. The third-order valence-corrected chi connectivity index (χ3v) is 8.64. The quantitative estimate of drug-likeness (QED) is 0.304. The summed E-state index contributed by atoms with van der Waals surface area (Å²) in [5, 5.41) is 19.7. The van der Waals surface area contributed by atoms with Gasteiger partial charge in [-0.05, 0) is 55.4 Å². The molecule has 0 amide bonds. The van der Waals surface area contributed by atoms with Crippen LogP contribution < -0.4 is 16.4 Å². The van der Waals surface area contributed by atoms with Crippen LogP contribution in [0.5, 0.6) is 0 Å². The van der Waals surface area contributed by atoms with Gasteiger partial charge in [-0.15, -0.1) is 10.2 Å². The molecule has 5 aromatic rings. The smallest absolute Gasteiger partial charge is 0.238 e. The van der Waals surface area contributed by atoms with E-state index in [1.54, 1.807) is 6.34 Å². The largest absolute Gasteiger partial charge is 0.389 e. The lowest BCUT2D eigenvalue weighted by Crippen LogP contribution is -2.60. The fourth-order valence-electron chi connectivity index (χ4n) is 6.33. The van der Waals surface area contributed by atoms with Crippen molar-refractivity contribution in [2.24, 2.45) is 22.4 Å². The van der Waals surface area contributed by atoms with Crippen molar-refractivity contribution >= 4 is 29.1 Å². The molecule has 2 aromatic carbocycles. The van der Waals surface area contributed by atoms with Gasteiger partial charge in [0.2, 0.25) is 5.95 Å². The summed E-state index contributed by atoms with van der Waals surface area (Å²) in [6.45, 7) is 0.524. The van der Waals surface area contributed by atoms with E-state index >= 15 is 0 Å². The van der Waals surface area contributed by atoms with Gasteiger partial charge in [0, 0.05) is 23.2 Å². The molecule has 41 heavy (non-hydrogen) atoms. The summed E-state index contributed by atoms with van der Waals surface area (Å²) in [6.07, 6.45) is 6.91. The van der Waals surface area contributed by atoms with E-state index in [1.807, 2.05) is 57.8 Å². The van der Waals surface area contributed by atoms with Crippen molar-refractivity contribution in [1.29, 1.82) is 0 Å². The number of hydrogen-bond donors (Lipinski definition) is 3. The number of aliphatic imine (C=N–C) groups is 1. The molecule has 5 N–H and O–H groups in total. The second-order valence-corrected chi connectivity index (χ2v) is 11.5. The zero-order chi connectivity index (χ0) is 27.8. The van der Waals surface area contributed by atoms with Gasteiger partial charge >= 0.3 is 0 Å². The number of hydrogen-bond acceptors (Lipinski definition) is 9. The van der Waals surface area contributed by atoms with Crippen molar-refractivity contribution in [3.05, 3.63) is 84.2 Å². The molecule has 0 spiro atoms. The summed E-state index contributed by atoms with van der Waals surface area (Å²) in [7, 11) is 0. The van der Waals surface area contributed by atoms with E-state index in [0.717, 1.165) is 40.9 Å². The van der Waals surface area contributed by atoms with Crippen molar-refractivity contribution in [3.8, 4) is 22.5 Å². The van der Waals surface area contributed by atoms with E-state index in [2.05, 4.69) is 39.5 Å². The van der Waals surface area contributed by atoms with Crippen molar-refractivity contribution in [2.75, 3.05) is 11.4 Å². The second-order valence-electron chi connectivity index (χ2n) is 11.5. The lowest BCUT2D eigenvalue weighted by atomic mass is 9.60. The predicted molar refractivity (Wildman–Crippen MR) is 158 cm³/mol. The third-order valence-electron chi connectivity index (χ3n) is 8.64. The molecule has 0 radical (unpaired) electrons. The SMILES string of the molecule is NC1=CCN(c2nnc3ccc4nc(-c5ccc([C@]6(N)C[C@@](O)(C7CC7)C6)cc5)c(-c5ccccc5)nc4n23)C=N1. The third kappa shape index (κ3) is 3.90. The Hall–Kier alpha value is -4.67. The van der Waals surface area contributed by atoms with Gasteiger partial charge in [0.15, 0.2) is 11.3 Å². The van der Waals surface area contributed by atoms with Gasteiger partial charge in [-0.1, -0.05) is 54.6 Å². The molecule has 0 saturated heterocycles. The standard InChI is InChI=1S/C31H29N9O/c32-24-14-15-39(18-34-24)29-38-37-25-13-12-23-28(40(25)29)36-27(19-4-2-1-3-5-19)26(35-23)20-6-8-21(9-7-20)30(33)16-31(41,17-30)22-10-11-22/h1-9,12-14,18,22,41H,10-11,15-17,32-33H2/t30-,31-. The number of aromatic nitrogens is 5. The minimum atomic E-state index is -0.604. The highest BCUT2D eigenvalue weighted by molar-refractivity contribution is 5.88. The number of rotatable bonds is 5. The topological polar surface area (TPSA) is 144 Å². The Bertz CT molecular complexity index is 1870. The Morgan fingerprint density at radius 2 is 1.59 bits per heavy atom. The Kier molecular flexibility index (Phi) is 5.10. The molecule has 3 aliphatic rings. The Labute approximate surface area is 236 Å². The van der Waals surface area contributed by atoms with Gasteiger partial charge in [0.05, 0.1) is 17.0 Å². The van der Waals surface area contributed by atoms with Crippen LogP contribution in [0.25, 0.3) is 39.3 Å². The molecule has 0 atom stereocenters. The molecule has 0 bridgehead atoms.